The quantitative estimate of drug-likeness (QED) is 0.308. The van der Waals surface area contributed by atoms with Crippen molar-refractivity contribution in [1.82, 2.24) is 29.1 Å². The lowest BCUT2D eigenvalue weighted by Crippen LogP contribution is -2.49. The van der Waals surface area contributed by atoms with Crippen LogP contribution in [-0.4, -0.2) is 64.0 Å². The summed E-state index contributed by atoms with van der Waals surface area (Å²) < 4.78 is 13.5. The Balaban J connectivity index is 1.25. The van der Waals surface area contributed by atoms with Gasteiger partial charge in [-0.25, -0.2) is 19.0 Å². The Bertz CT molecular complexity index is 1410. The van der Waals surface area contributed by atoms with Gasteiger partial charge in [0.2, 0.25) is 0 Å². The van der Waals surface area contributed by atoms with Gasteiger partial charge in [0, 0.05) is 53.6 Å². The van der Waals surface area contributed by atoms with Gasteiger partial charge in [-0.1, -0.05) is 25.0 Å². The van der Waals surface area contributed by atoms with Gasteiger partial charge in [0.15, 0.2) is 5.82 Å². The second kappa shape index (κ2) is 10.1. The predicted molar refractivity (Wildman–Crippen MR) is 151 cm³/mol. The number of pyridine rings is 2. The number of nitrogens with one attached hydrogen (secondary N) is 1. The highest BCUT2D eigenvalue weighted by Gasteiger charge is 2.31. The zero-order chi connectivity index (χ0) is 25.5. The maximum atomic E-state index is 11.6. The number of nitrogens with zero attached hydrogens (tertiary/aromatic N) is 7. The van der Waals surface area contributed by atoms with E-state index in [1.54, 1.807) is 24.4 Å². The fourth-order valence-electron chi connectivity index (χ4n) is 4.63. The average molecular weight is 535 g/mol. The Morgan fingerprint density at radius 3 is 2.70 bits per heavy atom. The summed E-state index contributed by atoms with van der Waals surface area (Å²) in [6.45, 7) is 6.11. The predicted octanol–water partition coefficient (Wildman–Crippen LogP) is 4.62. The molecule has 0 bridgehead atoms. The number of hydrogen-bond donors (Lipinski definition) is 1. The van der Waals surface area contributed by atoms with Crippen molar-refractivity contribution in [3.05, 3.63) is 48.8 Å². The van der Waals surface area contributed by atoms with E-state index in [1.165, 1.54) is 12.8 Å². The summed E-state index contributed by atoms with van der Waals surface area (Å²) in [4.78, 5) is 21.0. The SMILES string of the molecule is CC(C)c1ncc(N2CC(C[S+](C)[O-])C2)c2cnc(Nc3ccnc(-c4cnn(SC5CC5)c4)n3)cc12. The van der Waals surface area contributed by atoms with Crippen LogP contribution in [-0.2, 0) is 11.2 Å². The third-order valence-electron chi connectivity index (χ3n) is 6.61. The highest BCUT2D eigenvalue weighted by Crippen LogP contribution is 2.36. The molecular weight excluding hydrogens is 504 g/mol. The van der Waals surface area contributed by atoms with E-state index in [4.69, 9.17) is 15.0 Å². The summed E-state index contributed by atoms with van der Waals surface area (Å²) in [5.41, 5.74) is 3.01. The normalized spacial score (nSPS) is 16.8. The first-order valence-corrected chi connectivity index (χ1v) is 15.1. The van der Waals surface area contributed by atoms with E-state index in [0.717, 1.165) is 46.6 Å². The first kappa shape index (κ1) is 24.4. The van der Waals surface area contributed by atoms with Crippen LogP contribution in [0.4, 0.5) is 17.3 Å². The van der Waals surface area contributed by atoms with E-state index in [0.29, 0.717) is 28.6 Å². The molecule has 4 aromatic rings. The summed E-state index contributed by atoms with van der Waals surface area (Å²) in [6, 6.07) is 3.90. The van der Waals surface area contributed by atoms with Crippen LogP contribution < -0.4 is 10.2 Å². The molecule has 2 aliphatic rings. The van der Waals surface area contributed by atoms with E-state index in [2.05, 4.69) is 40.2 Å². The molecule has 2 fully saturated rings. The second-order valence-electron chi connectivity index (χ2n) is 10.1. The van der Waals surface area contributed by atoms with Crippen molar-refractivity contribution in [2.75, 3.05) is 35.3 Å². The molecule has 1 N–H and O–H groups in total. The van der Waals surface area contributed by atoms with Crippen molar-refractivity contribution in [1.29, 1.82) is 0 Å². The molecule has 1 atom stereocenters. The zero-order valence-corrected chi connectivity index (χ0v) is 22.8. The molecule has 37 heavy (non-hydrogen) atoms. The van der Waals surface area contributed by atoms with E-state index in [-0.39, 0.29) is 5.92 Å². The van der Waals surface area contributed by atoms with Crippen LogP contribution in [0.3, 0.4) is 0 Å². The molecule has 1 saturated heterocycles. The Morgan fingerprint density at radius 2 is 1.95 bits per heavy atom. The molecule has 0 radical (unpaired) electrons. The number of anilines is 3. The molecule has 6 rings (SSSR count). The van der Waals surface area contributed by atoms with Crippen LogP contribution in [0, 0.1) is 5.92 Å². The lowest BCUT2D eigenvalue weighted by molar-refractivity contribution is 0.445. The van der Waals surface area contributed by atoms with E-state index in [1.807, 2.05) is 34.9 Å². The number of fused-ring (bicyclic) bond motifs is 1. The molecule has 5 heterocycles. The summed E-state index contributed by atoms with van der Waals surface area (Å²) in [7, 11) is 0. The molecule has 1 unspecified atom stereocenters. The molecule has 1 saturated carbocycles. The summed E-state index contributed by atoms with van der Waals surface area (Å²) in [5, 5.41) is 10.6. The van der Waals surface area contributed by atoms with Crippen LogP contribution in [0.15, 0.2) is 43.1 Å². The molecule has 1 aliphatic carbocycles. The van der Waals surface area contributed by atoms with Gasteiger partial charge in [-0.05, 0) is 42.8 Å². The Labute approximate surface area is 223 Å². The molecule has 4 aromatic heterocycles. The topological polar surface area (TPSA) is 108 Å². The molecule has 0 amide bonds. The number of hydrogen-bond acceptors (Lipinski definition) is 9. The lowest BCUT2D eigenvalue weighted by atomic mass is 9.98. The lowest BCUT2D eigenvalue weighted by Gasteiger charge is -2.41. The van der Waals surface area contributed by atoms with Gasteiger partial charge in [-0.2, -0.15) is 5.10 Å². The maximum absolute atomic E-state index is 11.6. The fourth-order valence-corrected chi connectivity index (χ4v) is 6.43. The van der Waals surface area contributed by atoms with Crippen LogP contribution in [0.25, 0.3) is 22.2 Å². The zero-order valence-electron chi connectivity index (χ0n) is 21.2. The Morgan fingerprint density at radius 1 is 1.11 bits per heavy atom. The molecule has 1 aliphatic heterocycles. The molecule has 11 heteroatoms. The van der Waals surface area contributed by atoms with Gasteiger partial charge in [-0.15, -0.1) is 0 Å². The minimum Gasteiger partial charge on any atom is -0.617 e. The third kappa shape index (κ3) is 5.39. The number of rotatable bonds is 9. The highest BCUT2D eigenvalue weighted by molar-refractivity contribution is 7.98. The average Bonchev–Trinajstić information content (AvgIpc) is 3.54. The largest absolute Gasteiger partial charge is 0.617 e. The van der Waals surface area contributed by atoms with Gasteiger partial charge >= 0.3 is 0 Å². The maximum Gasteiger partial charge on any atom is 0.164 e. The first-order chi connectivity index (χ1) is 17.9. The van der Waals surface area contributed by atoms with Crippen LogP contribution in [0.1, 0.15) is 38.3 Å². The monoisotopic (exact) mass is 534 g/mol. The van der Waals surface area contributed by atoms with Gasteiger partial charge in [-0.3, -0.25) is 4.98 Å². The van der Waals surface area contributed by atoms with Crippen molar-refractivity contribution in [2.45, 2.75) is 37.9 Å². The van der Waals surface area contributed by atoms with Crippen molar-refractivity contribution in [3.63, 3.8) is 0 Å². The van der Waals surface area contributed by atoms with Gasteiger partial charge in [0.25, 0.3) is 0 Å². The van der Waals surface area contributed by atoms with Gasteiger partial charge in [0.1, 0.15) is 17.4 Å². The number of aromatic nitrogens is 6. The smallest absolute Gasteiger partial charge is 0.164 e. The van der Waals surface area contributed by atoms with Gasteiger partial charge < -0.3 is 14.8 Å². The molecule has 0 spiro atoms. The molecular formula is C26H30N8OS2. The van der Waals surface area contributed by atoms with Crippen LogP contribution in [0.2, 0.25) is 0 Å². The minimum atomic E-state index is -0.767. The Hall–Kier alpha value is -2.89. The highest BCUT2D eigenvalue weighted by atomic mass is 32.2. The summed E-state index contributed by atoms with van der Waals surface area (Å²) in [6.07, 6.45) is 13.7. The van der Waals surface area contributed by atoms with Crippen molar-refractivity contribution in [2.24, 2.45) is 5.92 Å². The minimum absolute atomic E-state index is 0.272. The Kier molecular flexibility index (Phi) is 6.68. The van der Waals surface area contributed by atoms with Crippen LogP contribution >= 0.6 is 11.9 Å². The van der Waals surface area contributed by atoms with Gasteiger partial charge in [0.05, 0.1) is 35.6 Å². The van der Waals surface area contributed by atoms with E-state index < -0.39 is 11.2 Å². The van der Waals surface area contributed by atoms with Crippen molar-refractivity contribution in [3.8, 4) is 11.4 Å². The standard InChI is InChI=1S/C26H30N8OS2/c1-16(2)25-20-8-24(28-10-21(20)22(11-29-25)33-12-17(13-33)15-37(3)35)31-23-6-7-27-26(32-23)18-9-30-34(14-18)36-19-4-5-19/h6-11,14,16-17,19H,4-5,12-13,15H2,1-3H3,(H,27,28,31,32). The first-order valence-electron chi connectivity index (χ1n) is 12.6. The summed E-state index contributed by atoms with van der Waals surface area (Å²) >= 11 is 0.982. The molecule has 192 valence electrons. The van der Waals surface area contributed by atoms with Crippen molar-refractivity contribution >= 4 is 51.2 Å². The van der Waals surface area contributed by atoms with E-state index >= 15 is 0 Å². The third-order valence-corrected chi connectivity index (χ3v) is 8.73. The molecule has 0 aromatic carbocycles. The van der Waals surface area contributed by atoms with E-state index in [9.17, 15) is 4.55 Å². The van der Waals surface area contributed by atoms with Crippen LogP contribution in [0.5, 0.6) is 0 Å². The summed E-state index contributed by atoms with van der Waals surface area (Å²) in [5.74, 6) is 3.49. The second-order valence-corrected chi connectivity index (χ2v) is 12.9. The molecule has 9 nitrogen and oxygen atoms in total. The van der Waals surface area contributed by atoms with Crippen molar-refractivity contribution < 1.29 is 4.55 Å². The fraction of sp³-hybridized carbons (Fsp3) is 0.423.